The molecule has 0 bridgehead atoms. The molecule has 0 amide bonds. The Balaban J connectivity index is 1.86. The highest BCUT2D eigenvalue weighted by Crippen LogP contribution is 2.37. The molecule has 1 aliphatic carbocycles. The molecule has 0 saturated heterocycles. The highest BCUT2D eigenvalue weighted by atomic mass is 16.5. The van der Waals surface area contributed by atoms with Gasteiger partial charge in [-0.15, -0.1) is 0 Å². The second-order valence-corrected chi connectivity index (χ2v) is 8.06. The Morgan fingerprint density at radius 3 is 1.96 bits per heavy atom. The van der Waals surface area contributed by atoms with Gasteiger partial charge in [-0.05, 0) is 41.7 Å². The van der Waals surface area contributed by atoms with E-state index in [2.05, 4.69) is 20.8 Å². The summed E-state index contributed by atoms with van der Waals surface area (Å²) in [5.41, 5.74) is 1.99. The van der Waals surface area contributed by atoms with Crippen LogP contribution in [0.3, 0.4) is 0 Å². The number of carbonyl (C=O) groups is 1. The van der Waals surface area contributed by atoms with Crippen molar-refractivity contribution in [1.29, 1.82) is 0 Å². The third-order valence-corrected chi connectivity index (χ3v) is 5.73. The molecular weight excluding hydrogens is 320 g/mol. The fraction of sp³-hybridized carbons (Fsp3) is 0.458. The van der Waals surface area contributed by atoms with Gasteiger partial charge in [-0.3, -0.25) is 4.79 Å². The van der Waals surface area contributed by atoms with Gasteiger partial charge < -0.3 is 4.74 Å². The van der Waals surface area contributed by atoms with E-state index in [1.54, 1.807) is 0 Å². The second kappa shape index (κ2) is 8.53. The molecule has 2 aromatic rings. The molecule has 2 heteroatoms. The first-order chi connectivity index (χ1) is 12.6. The molecule has 2 nitrogen and oxygen atoms in total. The maximum atomic E-state index is 13.3. The third-order valence-electron chi connectivity index (χ3n) is 5.73. The summed E-state index contributed by atoms with van der Waals surface area (Å²) < 4.78 is 6.17. The van der Waals surface area contributed by atoms with Gasteiger partial charge in [-0.25, -0.2) is 0 Å². The molecule has 138 valence electrons. The zero-order valence-electron chi connectivity index (χ0n) is 16.1. The van der Waals surface area contributed by atoms with Crippen LogP contribution in [0, 0.1) is 17.8 Å². The summed E-state index contributed by atoms with van der Waals surface area (Å²) in [4.78, 5) is 13.3. The Hall–Kier alpha value is -2.09. The van der Waals surface area contributed by atoms with Crippen molar-refractivity contribution in [3.8, 4) is 0 Å². The number of hydrogen-bond donors (Lipinski definition) is 0. The van der Waals surface area contributed by atoms with Crippen LogP contribution in [0.2, 0.25) is 0 Å². The van der Waals surface area contributed by atoms with Gasteiger partial charge in [-0.1, -0.05) is 87.9 Å². The van der Waals surface area contributed by atoms with E-state index in [0.717, 1.165) is 24.0 Å². The lowest BCUT2D eigenvalue weighted by Gasteiger charge is -2.37. The minimum Gasteiger partial charge on any atom is -0.461 e. The molecule has 0 N–H and O–H groups in total. The van der Waals surface area contributed by atoms with Gasteiger partial charge in [0.1, 0.15) is 12.0 Å². The van der Waals surface area contributed by atoms with Crippen molar-refractivity contribution in [2.75, 3.05) is 0 Å². The minimum atomic E-state index is -0.359. The SMILES string of the molecule is CC(C)[C@H]1CC[C@@H](C)C[C@@H]1OC(=O)C(c1ccccc1)c1ccccc1. The van der Waals surface area contributed by atoms with E-state index in [-0.39, 0.29) is 18.0 Å². The number of hydrogen-bond acceptors (Lipinski definition) is 2. The number of esters is 1. The standard InChI is InChI=1S/C24H30O2/c1-17(2)21-15-14-18(3)16-22(21)26-24(25)23(19-10-6-4-7-11-19)20-12-8-5-9-13-20/h4-13,17-18,21-23H,14-16H2,1-3H3/t18-,21-,22+/m1/s1. The van der Waals surface area contributed by atoms with Crippen molar-refractivity contribution in [2.45, 2.75) is 52.1 Å². The summed E-state index contributed by atoms with van der Waals surface area (Å²) in [7, 11) is 0. The first-order valence-electron chi connectivity index (χ1n) is 9.86. The van der Waals surface area contributed by atoms with Crippen LogP contribution in [0.5, 0.6) is 0 Å². The van der Waals surface area contributed by atoms with Crippen LogP contribution < -0.4 is 0 Å². The average molecular weight is 351 g/mol. The summed E-state index contributed by atoms with van der Waals surface area (Å²) in [5, 5.41) is 0. The third kappa shape index (κ3) is 4.35. The molecule has 0 unspecified atom stereocenters. The fourth-order valence-electron chi connectivity index (χ4n) is 4.22. The predicted molar refractivity (Wildman–Crippen MR) is 106 cm³/mol. The van der Waals surface area contributed by atoms with Gasteiger partial charge in [0.2, 0.25) is 0 Å². The Morgan fingerprint density at radius 2 is 1.46 bits per heavy atom. The van der Waals surface area contributed by atoms with E-state index in [4.69, 9.17) is 4.74 Å². The van der Waals surface area contributed by atoms with E-state index in [9.17, 15) is 4.79 Å². The first-order valence-corrected chi connectivity index (χ1v) is 9.86. The molecule has 2 aromatic carbocycles. The van der Waals surface area contributed by atoms with Crippen LogP contribution >= 0.6 is 0 Å². The van der Waals surface area contributed by atoms with Crippen molar-refractivity contribution < 1.29 is 9.53 Å². The van der Waals surface area contributed by atoms with Gasteiger partial charge in [-0.2, -0.15) is 0 Å². The van der Waals surface area contributed by atoms with E-state index >= 15 is 0 Å². The molecule has 1 fully saturated rings. The molecule has 1 saturated carbocycles. The van der Waals surface area contributed by atoms with Crippen molar-refractivity contribution >= 4 is 5.97 Å². The molecular formula is C24H30O2. The van der Waals surface area contributed by atoms with E-state index in [1.165, 1.54) is 6.42 Å². The zero-order chi connectivity index (χ0) is 18.5. The highest BCUT2D eigenvalue weighted by Gasteiger charge is 2.35. The lowest BCUT2D eigenvalue weighted by molar-refractivity contribution is -0.156. The van der Waals surface area contributed by atoms with E-state index < -0.39 is 0 Å². The molecule has 0 aromatic heterocycles. The molecule has 0 radical (unpaired) electrons. The topological polar surface area (TPSA) is 26.3 Å². The van der Waals surface area contributed by atoms with Crippen LogP contribution in [0.25, 0.3) is 0 Å². The largest absolute Gasteiger partial charge is 0.461 e. The van der Waals surface area contributed by atoms with Crippen molar-refractivity contribution in [1.82, 2.24) is 0 Å². The maximum absolute atomic E-state index is 13.3. The van der Waals surface area contributed by atoms with Crippen molar-refractivity contribution in [3.05, 3.63) is 71.8 Å². The molecule has 1 aliphatic rings. The van der Waals surface area contributed by atoms with Gasteiger partial charge >= 0.3 is 5.97 Å². The van der Waals surface area contributed by atoms with Gasteiger partial charge in [0.25, 0.3) is 0 Å². The molecule has 26 heavy (non-hydrogen) atoms. The van der Waals surface area contributed by atoms with Crippen molar-refractivity contribution in [3.63, 3.8) is 0 Å². The Bertz CT molecular complexity index is 653. The summed E-state index contributed by atoms with van der Waals surface area (Å²) >= 11 is 0. The van der Waals surface area contributed by atoms with E-state index in [0.29, 0.717) is 17.8 Å². The van der Waals surface area contributed by atoms with Crippen LogP contribution in [-0.4, -0.2) is 12.1 Å². The summed E-state index contributed by atoms with van der Waals surface area (Å²) in [6.45, 7) is 6.75. The molecule has 3 rings (SSSR count). The Morgan fingerprint density at radius 1 is 0.923 bits per heavy atom. The number of rotatable bonds is 5. The fourth-order valence-corrected chi connectivity index (χ4v) is 4.22. The Labute approximate surface area is 157 Å². The van der Waals surface area contributed by atoms with Gasteiger partial charge in [0, 0.05) is 0 Å². The van der Waals surface area contributed by atoms with Crippen LogP contribution in [0.15, 0.2) is 60.7 Å². The van der Waals surface area contributed by atoms with Crippen LogP contribution in [-0.2, 0) is 9.53 Å². The normalized spacial score (nSPS) is 23.2. The summed E-state index contributed by atoms with van der Waals surface area (Å²) in [6.07, 6.45) is 3.39. The summed E-state index contributed by atoms with van der Waals surface area (Å²) in [6, 6.07) is 20.0. The van der Waals surface area contributed by atoms with Crippen LogP contribution in [0.4, 0.5) is 0 Å². The quantitative estimate of drug-likeness (QED) is 0.635. The lowest BCUT2D eigenvalue weighted by atomic mass is 9.75. The smallest absolute Gasteiger partial charge is 0.318 e. The summed E-state index contributed by atoms with van der Waals surface area (Å²) in [5.74, 6) is 1.14. The molecule has 0 aliphatic heterocycles. The second-order valence-electron chi connectivity index (χ2n) is 8.06. The van der Waals surface area contributed by atoms with Gasteiger partial charge in [0.05, 0.1) is 0 Å². The molecule has 3 atom stereocenters. The molecule has 0 heterocycles. The average Bonchev–Trinajstić information content (AvgIpc) is 2.63. The van der Waals surface area contributed by atoms with Crippen molar-refractivity contribution in [2.24, 2.45) is 17.8 Å². The number of carbonyl (C=O) groups excluding carboxylic acids is 1. The minimum absolute atomic E-state index is 0.0289. The monoisotopic (exact) mass is 350 g/mol. The van der Waals surface area contributed by atoms with Gasteiger partial charge in [0.15, 0.2) is 0 Å². The zero-order valence-corrected chi connectivity index (χ0v) is 16.1. The lowest BCUT2D eigenvalue weighted by Crippen LogP contribution is -2.37. The highest BCUT2D eigenvalue weighted by molar-refractivity contribution is 5.82. The number of benzene rings is 2. The predicted octanol–water partition coefficient (Wildman–Crippen LogP) is 5.82. The van der Waals surface area contributed by atoms with Crippen LogP contribution in [0.1, 0.15) is 57.1 Å². The number of ether oxygens (including phenoxy) is 1. The molecule has 0 spiro atoms. The first kappa shape index (κ1) is 18.7. The maximum Gasteiger partial charge on any atom is 0.318 e. The Kier molecular flexibility index (Phi) is 6.13. The van der Waals surface area contributed by atoms with E-state index in [1.807, 2.05) is 60.7 Å².